The largest absolute Gasteiger partial charge is 0.397 e. The normalized spacial score (nSPS) is 17.0. The van der Waals surface area contributed by atoms with Crippen LogP contribution in [0, 0.1) is 31.1 Å². The average Bonchev–Trinajstić information content (AvgIpc) is 2.85. The highest BCUT2D eigenvalue weighted by Crippen LogP contribution is 2.37. The number of hydrogen-bond donors (Lipinski definition) is 1. The lowest BCUT2D eigenvalue weighted by molar-refractivity contribution is -0.0352. The first-order chi connectivity index (χ1) is 17.7. The van der Waals surface area contributed by atoms with Crippen molar-refractivity contribution in [2.75, 3.05) is 5.73 Å². The summed E-state index contributed by atoms with van der Waals surface area (Å²) in [5.74, 6) is 0.876. The molecular formula is C31H35F2N3O. The van der Waals surface area contributed by atoms with Crippen LogP contribution in [0.4, 0.5) is 14.5 Å². The molecule has 3 aromatic rings. The second-order valence-corrected chi connectivity index (χ2v) is 9.61. The van der Waals surface area contributed by atoms with Crippen LogP contribution >= 0.6 is 0 Å². The Morgan fingerprint density at radius 2 is 1.84 bits per heavy atom. The number of nitriles is 1. The topological polar surface area (TPSA) is 71.9 Å². The van der Waals surface area contributed by atoms with Crippen LogP contribution in [0.15, 0.2) is 60.9 Å². The number of aryl methyl sites for hydroxylation is 2. The summed E-state index contributed by atoms with van der Waals surface area (Å²) >= 11 is 0. The van der Waals surface area contributed by atoms with Crippen LogP contribution in [0.3, 0.4) is 0 Å². The highest BCUT2D eigenvalue weighted by molar-refractivity contribution is 5.85. The fourth-order valence-electron chi connectivity index (χ4n) is 4.53. The van der Waals surface area contributed by atoms with Crippen LogP contribution in [-0.4, -0.2) is 11.1 Å². The van der Waals surface area contributed by atoms with Crippen LogP contribution in [-0.2, 0) is 11.3 Å². The van der Waals surface area contributed by atoms with Gasteiger partial charge in [0.15, 0.2) is 0 Å². The lowest BCUT2D eigenvalue weighted by atomic mass is 9.84. The molecule has 1 saturated carbocycles. The zero-order chi connectivity index (χ0) is 26.9. The molecule has 0 bridgehead atoms. The van der Waals surface area contributed by atoms with Crippen molar-refractivity contribution in [1.82, 2.24) is 4.98 Å². The van der Waals surface area contributed by atoms with Crippen molar-refractivity contribution in [2.24, 2.45) is 5.92 Å². The fraction of sp³-hybridized carbons (Fsp3) is 0.355. The maximum absolute atomic E-state index is 13.5. The molecule has 1 aromatic heterocycles. The number of ether oxygens (including phenoxy) is 1. The zero-order valence-electron chi connectivity index (χ0n) is 22.0. The van der Waals surface area contributed by atoms with E-state index in [0.717, 1.165) is 29.2 Å². The Kier molecular flexibility index (Phi) is 9.93. The SMILES string of the molecule is CC/C=C(\c1cc(C#N)c(C)cc1C)c1cncc(N)c1C(F)F.CC1CC(OCc2ccccc2)C1. The predicted molar refractivity (Wildman–Crippen MR) is 145 cm³/mol. The Morgan fingerprint density at radius 1 is 1.14 bits per heavy atom. The molecule has 0 aliphatic heterocycles. The van der Waals surface area contributed by atoms with E-state index < -0.39 is 6.43 Å². The Balaban J connectivity index is 0.000000244. The van der Waals surface area contributed by atoms with E-state index in [1.54, 1.807) is 6.07 Å². The lowest BCUT2D eigenvalue weighted by Gasteiger charge is -2.32. The maximum atomic E-state index is 13.5. The predicted octanol–water partition coefficient (Wildman–Crippen LogP) is 7.93. The van der Waals surface area contributed by atoms with Crippen molar-refractivity contribution in [3.05, 3.63) is 99.9 Å². The second-order valence-electron chi connectivity index (χ2n) is 9.61. The average molecular weight is 504 g/mol. The monoisotopic (exact) mass is 503 g/mol. The molecule has 0 unspecified atom stereocenters. The number of nitrogens with two attached hydrogens (primary N) is 1. The van der Waals surface area contributed by atoms with Crippen molar-refractivity contribution in [1.29, 1.82) is 5.26 Å². The van der Waals surface area contributed by atoms with E-state index in [4.69, 9.17) is 10.5 Å². The summed E-state index contributed by atoms with van der Waals surface area (Å²) in [6.45, 7) is 8.73. The smallest absolute Gasteiger partial charge is 0.266 e. The number of nitrogens with zero attached hydrogens (tertiary/aromatic N) is 2. The minimum absolute atomic E-state index is 0.0326. The van der Waals surface area contributed by atoms with Crippen molar-refractivity contribution < 1.29 is 13.5 Å². The maximum Gasteiger partial charge on any atom is 0.266 e. The summed E-state index contributed by atoms with van der Waals surface area (Å²) in [4.78, 5) is 3.98. The van der Waals surface area contributed by atoms with Crippen molar-refractivity contribution in [2.45, 2.75) is 66.1 Å². The Hall–Kier alpha value is -3.56. The Bertz CT molecular complexity index is 1260. The highest BCUT2D eigenvalue weighted by atomic mass is 19.3. The lowest BCUT2D eigenvalue weighted by Crippen LogP contribution is -2.29. The summed E-state index contributed by atoms with van der Waals surface area (Å²) in [5, 5.41) is 9.28. The first-order valence-electron chi connectivity index (χ1n) is 12.6. The summed E-state index contributed by atoms with van der Waals surface area (Å²) in [6, 6.07) is 16.2. The van der Waals surface area contributed by atoms with Gasteiger partial charge in [-0.05, 0) is 72.9 Å². The summed E-state index contributed by atoms with van der Waals surface area (Å²) in [7, 11) is 0. The van der Waals surface area contributed by atoms with Gasteiger partial charge in [-0.15, -0.1) is 0 Å². The number of rotatable bonds is 7. The number of halogens is 2. The molecule has 2 N–H and O–H groups in total. The molecule has 0 amide bonds. The van der Waals surface area contributed by atoms with Gasteiger partial charge in [0.25, 0.3) is 6.43 Å². The number of nitrogen functional groups attached to an aromatic ring is 1. The van der Waals surface area contributed by atoms with E-state index in [-0.39, 0.29) is 11.3 Å². The van der Waals surface area contributed by atoms with E-state index in [0.29, 0.717) is 29.2 Å². The number of allylic oxidation sites excluding steroid dienone is 1. The molecule has 1 heterocycles. The minimum atomic E-state index is -2.70. The number of hydrogen-bond acceptors (Lipinski definition) is 4. The minimum Gasteiger partial charge on any atom is -0.397 e. The van der Waals surface area contributed by atoms with Crippen molar-refractivity contribution >= 4 is 11.3 Å². The van der Waals surface area contributed by atoms with E-state index >= 15 is 0 Å². The number of anilines is 1. The van der Waals surface area contributed by atoms with Gasteiger partial charge in [-0.1, -0.05) is 56.3 Å². The van der Waals surface area contributed by atoms with Gasteiger partial charge in [-0.3, -0.25) is 4.98 Å². The first-order valence-corrected chi connectivity index (χ1v) is 12.6. The molecule has 0 radical (unpaired) electrons. The standard InChI is InChI=1S/C19H19F2N3.C12H16O/c1-4-5-14(15-7-13(8-22)11(2)6-12(15)3)16-9-24-10-17(23)18(16)19(20)21;1-10-7-12(8-10)13-9-11-5-3-2-4-6-11/h5-7,9-10,19H,4,23H2,1-3H3;2-6,10,12H,7-9H2,1H3/b14-5+;. The number of aromatic nitrogens is 1. The molecule has 1 aliphatic carbocycles. The quantitative estimate of drug-likeness (QED) is 0.355. The molecule has 0 atom stereocenters. The van der Waals surface area contributed by atoms with Crippen LogP contribution in [0.25, 0.3) is 5.57 Å². The number of alkyl halides is 2. The van der Waals surface area contributed by atoms with Gasteiger partial charge in [0.2, 0.25) is 0 Å². The number of pyridine rings is 1. The molecule has 2 aromatic carbocycles. The third-order valence-electron chi connectivity index (χ3n) is 6.58. The van der Waals surface area contributed by atoms with Crippen LogP contribution < -0.4 is 5.73 Å². The molecule has 0 saturated heterocycles. The molecule has 37 heavy (non-hydrogen) atoms. The van der Waals surface area contributed by atoms with E-state index in [1.807, 2.05) is 39.0 Å². The third kappa shape index (κ3) is 7.24. The molecule has 6 heteroatoms. The Labute approximate surface area is 218 Å². The van der Waals surface area contributed by atoms with Crippen molar-refractivity contribution in [3.63, 3.8) is 0 Å². The summed E-state index contributed by atoms with van der Waals surface area (Å²) in [5.41, 5.74) is 10.7. The molecule has 0 spiro atoms. The van der Waals surface area contributed by atoms with Gasteiger partial charge >= 0.3 is 0 Å². The van der Waals surface area contributed by atoms with Gasteiger partial charge in [0.05, 0.1) is 41.8 Å². The van der Waals surface area contributed by atoms with Gasteiger partial charge in [-0.25, -0.2) is 8.78 Å². The second kappa shape index (κ2) is 13.1. The molecule has 1 aliphatic rings. The highest BCUT2D eigenvalue weighted by Gasteiger charge is 2.25. The zero-order valence-corrected chi connectivity index (χ0v) is 22.0. The van der Waals surface area contributed by atoms with Crippen LogP contribution in [0.1, 0.15) is 78.5 Å². The third-order valence-corrected chi connectivity index (χ3v) is 6.58. The molecular weight excluding hydrogens is 468 g/mol. The van der Waals surface area contributed by atoms with Gasteiger partial charge < -0.3 is 10.5 Å². The van der Waals surface area contributed by atoms with Gasteiger partial charge in [0, 0.05) is 11.8 Å². The van der Waals surface area contributed by atoms with E-state index in [9.17, 15) is 14.0 Å². The van der Waals surface area contributed by atoms with Crippen LogP contribution in [0.5, 0.6) is 0 Å². The fourth-order valence-corrected chi connectivity index (χ4v) is 4.53. The molecule has 4 rings (SSSR count). The molecule has 194 valence electrons. The van der Waals surface area contributed by atoms with Crippen molar-refractivity contribution in [3.8, 4) is 6.07 Å². The van der Waals surface area contributed by atoms with Gasteiger partial charge in [-0.2, -0.15) is 5.26 Å². The van der Waals surface area contributed by atoms with E-state index in [2.05, 4.69) is 42.2 Å². The molecule has 4 nitrogen and oxygen atoms in total. The van der Waals surface area contributed by atoms with Gasteiger partial charge in [0.1, 0.15) is 0 Å². The molecule has 1 fully saturated rings. The Morgan fingerprint density at radius 3 is 2.43 bits per heavy atom. The summed E-state index contributed by atoms with van der Waals surface area (Å²) < 4.78 is 32.8. The van der Waals surface area contributed by atoms with E-state index in [1.165, 1.54) is 30.8 Å². The summed E-state index contributed by atoms with van der Waals surface area (Å²) in [6.07, 6.45) is 5.46. The van der Waals surface area contributed by atoms with Crippen LogP contribution in [0.2, 0.25) is 0 Å². The number of benzene rings is 2. The first kappa shape index (κ1) is 28.0.